The molecule has 2 aromatic rings. The van der Waals surface area contributed by atoms with Gasteiger partial charge in [0.05, 0.1) is 0 Å². The van der Waals surface area contributed by atoms with Gasteiger partial charge in [-0.3, -0.25) is 0 Å². The highest BCUT2D eigenvalue weighted by Crippen LogP contribution is 2.42. The first-order valence-corrected chi connectivity index (χ1v) is 7.61. The van der Waals surface area contributed by atoms with E-state index in [1.165, 1.54) is 12.1 Å². The zero-order chi connectivity index (χ0) is 16.6. The molecule has 3 rings (SSSR count). The lowest BCUT2D eigenvalue weighted by molar-refractivity contribution is -0.274. The van der Waals surface area contributed by atoms with Crippen LogP contribution in [0.15, 0.2) is 53.5 Å². The minimum Gasteiger partial charge on any atom is -0.485 e. The van der Waals surface area contributed by atoms with Crippen LogP contribution >= 0.6 is 15.9 Å². The summed E-state index contributed by atoms with van der Waals surface area (Å²) in [6, 6.07) is 11.4. The Morgan fingerprint density at radius 3 is 2.48 bits per heavy atom. The standard InChI is InChI=1S/C17H12BrF3O2/c1-10-8-16(22-15-7-4-12(18)9-14(10)15)11-2-5-13(6-3-11)23-17(19,20)21/h2-7,9,16H,1,8H2. The van der Waals surface area contributed by atoms with E-state index in [9.17, 15) is 13.2 Å². The summed E-state index contributed by atoms with van der Waals surface area (Å²) in [5.41, 5.74) is 2.63. The molecule has 0 saturated heterocycles. The fourth-order valence-corrected chi connectivity index (χ4v) is 2.84. The molecule has 1 aliphatic rings. The molecule has 2 aromatic carbocycles. The van der Waals surface area contributed by atoms with E-state index in [0.29, 0.717) is 12.2 Å². The lowest BCUT2D eigenvalue weighted by Crippen LogP contribution is -2.17. The van der Waals surface area contributed by atoms with E-state index < -0.39 is 6.36 Å². The molecular weight excluding hydrogens is 373 g/mol. The van der Waals surface area contributed by atoms with Crippen LogP contribution in [0.2, 0.25) is 0 Å². The first-order chi connectivity index (χ1) is 10.8. The molecule has 0 amide bonds. The molecule has 0 saturated carbocycles. The highest BCUT2D eigenvalue weighted by atomic mass is 79.9. The Balaban J connectivity index is 1.81. The lowest BCUT2D eigenvalue weighted by atomic mass is 9.94. The molecular formula is C17H12BrF3O2. The molecule has 1 aliphatic heterocycles. The van der Waals surface area contributed by atoms with Gasteiger partial charge in [0.1, 0.15) is 17.6 Å². The first-order valence-electron chi connectivity index (χ1n) is 6.82. The van der Waals surface area contributed by atoms with E-state index in [2.05, 4.69) is 27.2 Å². The Morgan fingerprint density at radius 2 is 1.83 bits per heavy atom. The number of hydrogen-bond donors (Lipinski definition) is 0. The van der Waals surface area contributed by atoms with Crippen LogP contribution in [0.5, 0.6) is 11.5 Å². The van der Waals surface area contributed by atoms with E-state index >= 15 is 0 Å². The normalized spacial score (nSPS) is 17.4. The zero-order valence-corrected chi connectivity index (χ0v) is 13.4. The third-order valence-electron chi connectivity index (χ3n) is 3.51. The minimum atomic E-state index is -4.69. The molecule has 0 fully saturated rings. The molecule has 0 spiro atoms. The van der Waals surface area contributed by atoms with E-state index in [1.54, 1.807) is 12.1 Å². The van der Waals surface area contributed by atoms with Gasteiger partial charge in [-0.1, -0.05) is 34.6 Å². The largest absolute Gasteiger partial charge is 0.573 e. The molecule has 6 heteroatoms. The summed E-state index contributed by atoms with van der Waals surface area (Å²) in [6.45, 7) is 4.06. The number of ether oxygens (including phenoxy) is 2. The molecule has 0 N–H and O–H groups in total. The fourth-order valence-electron chi connectivity index (χ4n) is 2.48. The second-order valence-electron chi connectivity index (χ2n) is 5.17. The Morgan fingerprint density at radius 1 is 1.13 bits per heavy atom. The number of fused-ring (bicyclic) bond motifs is 1. The van der Waals surface area contributed by atoms with Crippen molar-refractivity contribution in [3.63, 3.8) is 0 Å². The van der Waals surface area contributed by atoms with Crippen molar-refractivity contribution >= 4 is 21.5 Å². The maximum Gasteiger partial charge on any atom is 0.573 e. The molecule has 2 nitrogen and oxygen atoms in total. The fraction of sp³-hybridized carbons (Fsp3) is 0.176. The molecule has 0 radical (unpaired) electrons. The average Bonchev–Trinajstić information content (AvgIpc) is 2.47. The number of halogens is 4. The average molecular weight is 385 g/mol. The molecule has 0 aliphatic carbocycles. The van der Waals surface area contributed by atoms with Crippen LogP contribution in [0.1, 0.15) is 23.7 Å². The predicted octanol–water partition coefficient (Wildman–Crippen LogP) is 5.88. The summed E-state index contributed by atoms with van der Waals surface area (Å²) in [5.74, 6) is 0.463. The van der Waals surface area contributed by atoms with Crippen LogP contribution < -0.4 is 9.47 Å². The van der Waals surface area contributed by atoms with Gasteiger partial charge in [-0.15, -0.1) is 13.2 Å². The molecule has 0 aromatic heterocycles. The lowest BCUT2D eigenvalue weighted by Gasteiger charge is -2.28. The highest BCUT2D eigenvalue weighted by molar-refractivity contribution is 9.10. The van der Waals surface area contributed by atoms with Crippen molar-refractivity contribution in [2.45, 2.75) is 18.9 Å². The van der Waals surface area contributed by atoms with Crippen molar-refractivity contribution in [1.82, 2.24) is 0 Å². The second kappa shape index (κ2) is 5.92. The Kier molecular flexibility index (Phi) is 4.10. The zero-order valence-electron chi connectivity index (χ0n) is 11.9. The van der Waals surface area contributed by atoms with Crippen molar-refractivity contribution in [3.05, 3.63) is 64.6 Å². The van der Waals surface area contributed by atoms with E-state index in [1.807, 2.05) is 18.2 Å². The maximum atomic E-state index is 12.2. The monoisotopic (exact) mass is 384 g/mol. The number of rotatable bonds is 2. The first kappa shape index (κ1) is 15.9. The molecule has 1 heterocycles. The highest BCUT2D eigenvalue weighted by Gasteiger charge is 2.31. The minimum absolute atomic E-state index is 0.250. The van der Waals surface area contributed by atoms with Gasteiger partial charge < -0.3 is 9.47 Å². The van der Waals surface area contributed by atoms with Crippen molar-refractivity contribution < 1.29 is 22.6 Å². The van der Waals surface area contributed by atoms with Gasteiger partial charge >= 0.3 is 6.36 Å². The second-order valence-corrected chi connectivity index (χ2v) is 6.09. The van der Waals surface area contributed by atoms with Gasteiger partial charge in [0, 0.05) is 16.5 Å². The van der Waals surface area contributed by atoms with Crippen molar-refractivity contribution in [2.75, 3.05) is 0 Å². The van der Waals surface area contributed by atoms with Gasteiger partial charge in [0.2, 0.25) is 0 Å². The summed E-state index contributed by atoms with van der Waals surface area (Å²) < 4.78 is 47.3. The van der Waals surface area contributed by atoms with Crippen LogP contribution in [0.25, 0.3) is 5.57 Å². The van der Waals surface area contributed by atoms with Gasteiger partial charge in [0.25, 0.3) is 0 Å². The van der Waals surface area contributed by atoms with Crippen LogP contribution in [0, 0.1) is 0 Å². The van der Waals surface area contributed by atoms with Crippen molar-refractivity contribution in [3.8, 4) is 11.5 Å². The number of benzene rings is 2. The van der Waals surface area contributed by atoms with E-state index in [4.69, 9.17) is 4.74 Å². The number of alkyl halides is 3. The number of hydrogen-bond acceptors (Lipinski definition) is 2. The van der Waals surface area contributed by atoms with Crippen molar-refractivity contribution in [1.29, 1.82) is 0 Å². The molecule has 23 heavy (non-hydrogen) atoms. The Labute approximate surface area is 139 Å². The summed E-state index contributed by atoms with van der Waals surface area (Å²) in [6.07, 6.45) is -4.40. The topological polar surface area (TPSA) is 18.5 Å². The Bertz CT molecular complexity index is 738. The Hall–Kier alpha value is -1.95. The third-order valence-corrected chi connectivity index (χ3v) is 4.00. The molecule has 0 bridgehead atoms. The van der Waals surface area contributed by atoms with Gasteiger partial charge in [0.15, 0.2) is 0 Å². The summed E-state index contributed by atoms with van der Waals surface area (Å²) in [7, 11) is 0. The summed E-state index contributed by atoms with van der Waals surface area (Å²) in [4.78, 5) is 0. The van der Waals surface area contributed by atoms with Crippen LogP contribution in [0.3, 0.4) is 0 Å². The van der Waals surface area contributed by atoms with Crippen LogP contribution in [0.4, 0.5) is 13.2 Å². The SMILES string of the molecule is C=C1CC(c2ccc(OC(F)(F)F)cc2)Oc2ccc(Br)cc21. The van der Waals surface area contributed by atoms with Gasteiger partial charge in [-0.25, -0.2) is 0 Å². The predicted molar refractivity (Wildman–Crippen MR) is 84.3 cm³/mol. The van der Waals surface area contributed by atoms with Gasteiger partial charge in [-0.05, 0) is 41.5 Å². The smallest absolute Gasteiger partial charge is 0.485 e. The third kappa shape index (κ3) is 3.69. The maximum absolute atomic E-state index is 12.2. The molecule has 1 atom stereocenters. The van der Waals surface area contributed by atoms with Crippen LogP contribution in [-0.2, 0) is 0 Å². The summed E-state index contributed by atoms with van der Waals surface area (Å²) in [5, 5.41) is 0. The molecule has 1 unspecified atom stereocenters. The van der Waals surface area contributed by atoms with Gasteiger partial charge in [-0.2, -0.15) is 0 Å². The summed E-state index contributed by atoms with van der Waals surface area (Å²) >= 11 is 3.41. The quantitative estimate of drug-likeness (QED) is 0.642. The molecule has 120 valence electrons. The van der Waals surface area contributed by atoms with Crippen LogP contribution in [-0.4, -0.2) is 6.36 Å². The van der Waals surface area contributed by atoms with Crippen molar-refractivity contribution in [2.24, 2.45) is 0 Å². The van der Waals surface area contributed by atoms with E-state index in [0.717, 1.165) is 21.2 Å². The van der Waals surface area contributed by atoms with E-state index in [-0.39, 0.29) is 11.9 Å².